The van der Waals surface area contributed by atoms with Gasteiger partial charge in [-0.3, -0.25) is 4.79 Å². The van der Waals surface area contributed by atoms with Crippen molar-refractivity contribution in [1.82, 2.24) is 0 Å². The lowest BCUT2D eigenvalue weighted by Crippen LogP contribution is -2.48. The molecule has 1 aromatic rings. The Morgan fingerprint density at radius 1 is 1.23 bits per heavy atom. The van der Waals surface area contributed by atoms with Crippen molar-refractivity contribution in [1.29, 1.82) is 0 Å². The number of alkyl halides is 3. The largest absolute Gasteiger partial charge is 0.416 e. The highest BCUT2D eigenvalue weighted by atomic mass is 32.2. The molecule has 1 saturated carbocycles. The quantitative estimate of drug-likeness (QED) is 0.805. The third-order valence-corrected chi connectivity index (χ3v) is 6.93. The fourth-order valence-corrected chi connectivity index (χ4v) is 5.24. The highest BCUT2D eigenvalue weighted by Crippen LogP contribution is 2.31. The lowest BCUT2D eigenvalue weighted by atomic mass is 10.0. The van der Waals surface area contributed by atoms with E-state index in [9.17, 15) is 31.5 Å². The Hall–Kier alpha value is -1.61. The van der Waals surface area contributed by atoms with Crippen LogP contribution in [0.3, 0.4) is 0 Å². The van der Waals surface area contributed by atoms with Gasteiger partial charge in [0.1, 0.15) is 0 Å². The van der Waals surface area contributed by atoms with Crippen LogP contribution in [0.5, 0.6) is 0 Å². The van der Waals surface area contributed by atoms with E-state index in [1.165, 1.54) is 6.07 Å². The van der Waals surface area contributed by atoms with E-state index in [1.807, 2.05) is 0 Å². The van der Waals surface area contributed by atoms with Gasteiger partial charge in [0.05, 0.1) is 16.6 Å². The van der Waals surface area contributed by atoms with Crippen molar-refractivity contribution in [2.24, 2.45) is 0 Å². The molecule has 5 nitrogen and oxygen atoms in total. The number of amides is 1. The summed E-state index contributed by atoms with van der Waals surface area (Å²) in [4.78, 5) is 12.2. The minimum absolute atomic E-state index is 0.167. The number of hydrogen-bond acceptors (Lipinski definition) is 4. The van der Waals surface area contributed by atoms with E-state index in [1.54, 1.807) is 0 Å². The second-order valence-corrected chi connectivity index (χ2v) is 9.15. The number of sulfone groups is 1. The van der Waals surface area contributed by atoms with Gasteiger partial charge in [0.2, 0.25) is 0 Å². The SMILES string of the molecule is C[C@](O)(CS(=O)(=O)C1CCCCC1)C(=O)Nc1cccc(C(F)(F)F)c1. The molecule has 1 fully saturated rings. The van der Waals surface area contributed by atoms with Gasteiger partial charge < -0.3 is 10.4 Å². The molecular formula is C17H22F3NO4S. The van der Waals surface area contributed by atoms with Crippen molar-refractivity contribution in [2.75, 3.05) is 11.1 Å². The molecule has 2 N–H and O–H groups in total. The van der Waals surface area contributed by atoms with Gasteiger partial charge in [0.15, 0.2) is 15.4 Å². The molecule has 1 aliphatic carbocycles. The van der Waals surface area contributed by atoms with Crippen LogP contribution >= 0.6 is 0 Å². The first-order valence-corrected chi connectivity index (χ1v) is 10.1. The minimum Gasteiger partial charge on any atom is -0.379 e. The zero-order valence-electron chi connectivity index (χ0n) is 14.3. The lowest BCUT2D eigenvalue weighted by molar-refractivity contribution is -0.137. The summed E-state index contributed by atoms with van der Waals surface area (Å²) in [5.41, 5.74) is -3.37. The molecule has 0 saturated heterocycles. The van der Waals surface area contributed by atoms with Crippen molar-refractivity contribution < 1.29 is 31.5 Å². The minimum atomic E-state index is -4.58. The number of nitrogens with one attached hydrogen (secondary N) is 1. The Balaban J connectivity index is 2.10. The molecule has 0 unspecified atom stereocenters. The molecule has 0 bridgehead atoms. The van der Waals surface area contributed by atoms with Crippen LogP contribution in [-0.4, -0.2) is 36.0 Å². The van der Waals surface area contributed by atoms with Crippen LogP contribution in [0.25, 0.3) is 0 Å². The number of aliphatic hydroxyl groups is 1. The summed E-state index contributed by atoms with van der Waals surface area (Å²) in [5, 5.41) is 11.9. The Bertz CT molecular complexity index is 754. The second-order valence-electron chi connectivity index (χ2n) is 6.87. The average Bonchev–Trinajstić information content (AvgIpc) is 2.54. The average molecular weight is 393 g/mol. The Labute approximate surface area is 150 Å². The van der Waals surface area contributed by atoms with Crippen LogP contribution < -0.4 is 5.32 Å². The van der Waals surface area contributed by atoms with Crippen molar-refractivity contribution in [3.8, 4) is 0 Å². The van der Waals surface area contributed by atoms with E-state index in [0.717, 1.165) is 44.4 Å². The fourth-order valence-electron chi connectivity index (χ4n) is 3.04. The first-order valence-electron chi connectivity index (χ1n) is 8.34. The maximum Gasteiger partial charge on any atom is 0.416 e. The number of carbonyl (C=O) groups excluding carboxylic acids is 1. The summed E-state index contributed by atoms with van der Waals surface area (Å²) >= 11 is 0. The van der Waals surface area contributed by atoms with E-state index >= 15 is 0 Å². The predicted octanol–water partition coefficient (Wildman–Crippen LogP) is 3.14. The number of rotatable bonds is 5. The molecular weight excluding hydrogens is 371 g/mol. The Morgan fingerprint density at radius 3 is 2.42 bits per heavy atom. The van der Waals surface area contributed by atoms with Crippen LogP contribution in [-0.2, 0) is 20.8 Å². The van der Waals surface area contributed by atoms with Crippen molar-refractivity contribution in [3.05, 3.63) is 29.8 Å². The molecule has 9 heteroatoms. The molecule has 0 spiro atoms. The molecule has 0 aliphatic heterocycles. The highest BCUT2D eigenvalue weighted by Gasteiger charge is 2.40. The maximum atomic E-state index is 12.7. The number of halogens is 3. The van der Waals surface area contributed by atoms with E-state index in [0.29, 0.717) is 12.8 Å². The van der Waals surface area contributed by atoms with E-state index in [2.05, 4.69) is 5.32 Å². The molecule has 2 rings (SSSR count). The summed E-state index contributed by atoms with van der Waals surface area (Å²) in [6.07, 6.45) is -1.07. The van der Waals surface area contributed by atoms with Crippen LogP contribution in [0.1, 0.15) is 44.6 Å². The van der Waals surface area contributed by atoms with Gasteiger partial charge in [-0.2, -0.15) is 13.2 Å². The monoisotopic (exact) mass is 393 g/mol. The molecule has 26 heavy (non-hydrogen) atoms. The smallest absolute Gasteiger partial charge is 0.379 e. The first kappa shape index (κ1) is 20.7. The van der Waals surface area contributed by atoms with Gasteiger partial charge >= 0.3 is 6.18 Å². The van der Waals surface area contributed by atoms with Crippen molar-refractivity contribution >= 4 is 21.4 Å². The van der Waals surface area contributed by atoms with Crippen LogP contribution in [0.2, 0.25) is 0 Å². The summed E-state index contributed by atoms with van der Waals surface area (Å²) in [5.74, 6) is -1.83. The van der Waals surface area contributed by atoms with Gasteiger partial charge in [-0.1, -0.05) is 25.3 Å². The molecule has 0 aromatic heterocycles. The molecule has 146 valence electrons. The van der Waals surface area contributed by atoms with Crippen LogP contribution in [0, 0.1) is 0 Å². The number of carbonyl (C=O) groups is 1. The van der Waals surface area contributed by atoms with E-state index < -0.39 is 44.1 Å². The highest BCUT2D eigenvalue weighted by molar-refractivity contribution is 7.92. The molecule has 0 heterocycles. The first-order chi connectivity index (χ1) is 11.9. The molecule has 0 radical (unpaired) electrons. The number of anilines is 1. The van der Waals surface area contributed by atoms with Gasteiger partial charge in [-0.15, -0.1) is 0 Å². The predicted molar refractivity (Wildman–Crippen MR) is 91.4 cm³/mol. The maximum absolute atomic E-state index is 12.7. The van der Waals surface area contributed by atoms with Gasteiger partial charge in [-0.25, -0.2) is 8.42 Å². The third kappa shape index (κ3) is 5.20. The standard InChI is InChI=1S/C17H22F3NO4S/c1-16(23,11-26(24,25)14-8-3-2-4-9-14)15(22)21-13-7-5-6-12(10-13)17(18,19)20/h5-7,10,14,23H,2-4,8-9,11H2,1H3,(H,21,22)/t16-/m0/s1. The van der Waals surface area contributed by atoms with Gasteiger partial charge in [-0.05, 0) is 38.0 Å². The van der Waals surface area contributed by atoms with Crippen LogP contribution in [0.4, 0.5) is 18.9 Å². The van der Waals surface area contributed by atoms with E-state index in [-0.39, 0.29) is 5.69 Å². The third-order valence-electron chi connectivity index (χ3n) is 4.48. The Kier molecular flexibility index (Phi) is 6.02. The van der Waals surface area contributed by atoms with Crippen LogP contribution in [0.15, 0.2) is 24.3 Å². The number of benzene rings is 1. The molecule has 1 aliphatic rings. The van der Waals surface area contributed by atoms with Gasteiger partial charge in [0.25, 0.3) is 5.91 Å². The lowest BCUT2D eigenvalue weighted by Gasteiger charge is -2.27. The molecule has 1 atom stereocenters. The second kappa shape index (κ2) is 7.56. The molecule has 1 amide bonds. The Morgan fingerprint density at radius 2 is 1.85 bits per heavy atom. The summed E-state index contributed by atoms with van der Waals surface area (Å²) < 4.78 is 63.1. The summed E-state index contributed by atoms with van der Waals surface area (Å²) in [7, 11) is -3.70. The zero-order valence-corrected chi connectivity index (χ0v) is 15.2. The topological polar surface area (TPSA) is 83.5 Å². The summed E-state index contributed by atoms with van der Waals surface area (Å²) in [6, 6.07) is 3.93. The van der Waals surface area contributed by atoms with Gasteiger partial charge in [0, 0.05) is 5.69 Å². The number of hydrogen-bond donors (Lipinski definition) is 2. The normalized spacial score (nSPS) is 19.0. The zero-order chi connectivity index (χ0) is 19.6. The summed E-state index contributed by atoms with van der Waals surface area (Å²) in [6.45, 7) is 1.05. The van der Waals surface area contributed by atoms with E-state index in [4.69, 9.17) is 0 Å². The van der Waals surface area contributed by atoms with Crippen molar-refractivity contribution in [3.63, 3.8) is 0 Å². The van der Waals surface area contributed by atoms with Crippen molar-refractivity contribution in [2.45, 2.75) is 56.1 Å². The fraction of sp³-hybridized carbons (Fsp3) is 0.588. The molecule has 1 aromatic carbocycles.